The number of carbonyl (C=O) groups is 1. The molecule has 1 aliphatic heterocycles. The number of ether oxygens (including phenoxy) is 1. The number of para-hydroxylation sites is 1. The van der Waals surface area contributed by atoms with Crippen molar-refractivity contribution in [3.63, 3.8) is 0 Å². The first-order valence-electron chi connectivity index (χ1n) is 10.1. The molecule has 7 nitrogen and oxygen atoms in total. The van der Waals surface area contributed by atoms with Crippen LogP contribution in [0.5, 0.6) is 5.75 Å². The molecule has 0 spiro atoms. The third-order valence-electron chi connectivity index (χ3n) is 5.25. The van der Waals surface area contributed by atoms with Crippen LogP contribution in [-0.4, -0.2) is 70.9 Å². The van der Waals surface area contributed by atoms with Crippen molar-refractivity contribution in [2.45, 2.75) is 32.9 Å². The van der Waals surface area contributed by atoms with E-state index in [2.05, 4.69) is 20.2 Å². The van der Waals surface area contributed by atoms with Crippen molar-refractivity contribution in [2.75, 3.05) is 44.6 Å². The maximum atomic E-state index is 12.7. The van der Waals surface area contributed by atoms with Crippen LogP contribution in [0, 0.1) is 0 Å². The molecule has 2 aromatic rings. The topological polar surface area (TPSA) is 62.6 Å². The Labute approximate surface area is 177 Å². The summed E-state index contributed by atoms with van der Waals surface area (Å²) < 4.78 is 7.60. The standard InChI is InChI=1S/C21H30ClN5O2/c1-16(2)27-20(8-9-23-27)24-21(28)17(3)26-12-10-25(11-13-26)14-15-29-19-7-5-4-6-18(19)22/h4-9,16-17H,10-15H2,1-3H3,(H,24,28). The van der Waals surface area contributed by atoms with Gasteiger partial charge in [-0.05, 0) is 32.9 Å². The Morgan fingerprint density at radius 2 is 1.90 bits per heavy atom. The Morgan fingerprint density at radius 1 is 1.17 bits per heavy atom. The second kappa shape index (κ2) is 10.1. The molecular weight excluding hydrogens is 390 g/mol. The zero-order valence-electron chi connectivity index (χ0n) is 17.3. The monoisotopic (exact) mass is 419 g/mol. The van der Waals surface area contributed by atoms with Crippen molar-refractivity contribution in [3.05, 3.63) is 41.6 Å². The number of benzene rings is 1. The molecule has 158 valence electrons. The van der Waals surface area contributed by atoms with E-state index in [1.807, 2.05) is 55.8 Å². The highest BCUT2D eigenvalue weighted by Gasteiger charge is 2.26. The van der Waals surface area contributed by atoms with Gasteiger partial charge in [0.05, 0.1) is 17.3 Å². The lowest BCUT2D eigenvalue weighted by Crippen LogP contribution is -2.53. The van der Waals surface area contributed by atoms with Crippen molar-refractivity contribution in [1.82, 2.24) is 19.6 Å². The van der Waals surface area contributed by atoms with Gasteiger partial charge in [0.15, 0.2) is 0 Å². The van der Waals surface area contributed by atoms with Gasteiger partial charge in [-0.15, -0.1) is 0 Å². The average molecular weight is 420 g/mol. The van der Waals surface area contributed by atoms with E-state index >= 15 is 0 Å². The van der Waals surface area contributed by atoms with Gasteiger partial charge in [0.1, 0.15) is 18.2 Å². The molecule has 1 N–H and O–H groups in total. The first-order valence-corrected chi connectivity index (χ1v) is 10.5. The number of hydrogen-bond acceptors (Lipinski definition) is 5. The van der Waals surface area contributed by atoms with Gasteiger partial charge in [-0.25, -0.2) is 4.68 Å². The summed E-state index contributed by atoms with van der Waals surface area (Å²) in [6.07, 6.45) is 1.71. The molecule has 0 bridgehead atoms. The highest BCUT2D eigenvalue weighted by molar-refractivity contribution is 6.32. The third-order valence-corrected chi connectivity index (χ3v) is 5.56. The van der Waals surface area contributed by atoms with Crippen LogP contribution in [0.25, 0.3) is 0 Å². The van der Waals surface area contributed by atoms with Crippen LogP contribution in [0.15, 0.2) is 36.5 Å². The number of nitrogens with zero attached hydrogens (tertiary/aromatic N) is 4. The quantitative estimate of drug-likeness (QED) is 0.712. The summed E-state index contributed by atoms with van der Waals surface area (Å²) in [6, 6.07) is 9.37. The van der Waals surface area contributed by atoms with Crippen molar-refractivity contribution in [2.24, 2.45) is 0 Å². The number of carbonyl (C=O) groups excluding carboxylic acids is 1. The zero-order valence-corrected chi connectivity index (χ0v) is 18.1. The summed E-state index contributed by atoms with van der Waals surface area (Å²) >= 11 is 6.12. The van der Waals surface area contributed by atoms with Crippen LogP contribution >= 0.6 is 11.6 Å². The fraction of sp³-hybridized carbons (Fsp3) is 0.524. The van der Waals surface area contributed by atoms with E-state index in [0.29, 0.717) is 11.6 Å². The van der Waals surface area contributed by atoms with E-state index in [1.165, 1.54) is 0 Å². The van der Waals surface area contributed by atoms with E-state index in [9.17, 15) is 4.79 Å². The molecule has 1 atom stereocenters. The molecule has 2 heterocycles. The van der Waals surface area contributed by atoms with Crippen molar-refractivity contribution >= 4 is 23.3 Å². The normalized spacial score (nSPS) is 16.7. The van der Waals surface area contributed by atoms with Crippen LogP contribution in [0.2, 0.25) is 5.02 Å². The molecule has 1 unspecified atom stereocenters. The summed E-state index contributed by atoms with van der Waals surface area (Å²) in [5, 5.41) is 7.91. The second-order valence-corrected chi connectivity index (χ2v) is 7.98. The fourth-order valence-electron chi connectivity index (χ4n) is 3.44. The van der Waals surface area contributed by atoms with Gasteiger partial charge >= 0.3 is 0 Å². The minimum Gasteiger partial charge on any atom is -0.491 e. The summed E-state index contributed by atoms with van der Waals surface area (Å²) in [5.41, 5.74) is 0. The van der Waals surface area contributed by atoms with Crippen LogP contribution in [0.1, 0.15) is 26.8 Å². The Kier molecular flexibility index (Phi) is 7.52. The highest BCUT2D eigenvalue weighted by Crippen LogP contribution is 2.23. The first kappa shape index (κ1) is 21.6. The molecule has 0 saturated carbocycles. The minimum absolute atomic E-state index is 0.00269. The minimum atomic E-state index is -0.188. The van der Waals surface area contributed by atoms with Gasteiger partial charge in [-0.1, -0.05) is 23.7 Å². The molecule has 1 fully saturated rings. The van der Waals surface area contributed by atoms with E-state index < -0.39 is 0 Å². The molecule has 8 heteroatoms. The lowest BCUT2D eigenvalue weighted by atomic mass is 10.2. The maximum Gasteiger partial charge on any atom is 0.242 e. The number of amides is 1. The lowest BCUT2D eigenvalue weighted by molar-refractivity contribution is -0.121. The van der Waals surface area contributed by atoms with Crippen LogP contribution in [0.4, 0.5) is 5.82 Å². The Bertz CT molecular complexity index is 802. The SMILES string of the molecule is CC(C(=O)Nc1ccnn1C(C)C)N1CCN(CCOc2ccccc2Cl)CC1. The number of aromatic nitrogens is 2. The molecule has 0 radical (unpaired) electrons. The van der Waals surface area contributed by atoms with Crippen molar-refractivity contribution in [3.8, 4) is 5.75 Å². The van der Waals surface area contributed by atoms with Crippen molar-refractivity contribution < 1.29 is 9.53 Å². The predicted molar refractivity (Wildman–Crippen MR) is 116 cm³/mol. The lowest BCUT2D eigenvalue weighted by Gasteiger charge is -2.37. The molecule has 1 aromatic carbocycles. The van der Waals surface area contributed by atoms with Gasteiger partial charge in [0.2, 0.25) is 5.91 Å². The Hall–Kier alpha value is -2.09. The fourth-order valence-corrected chi connectivity index (χ4v) is 3.63. The number of rotatable bonds is 8. The van der Waals surface area contributed by atoms with E-state index in [-0.39, 0.29) is 18.0 Å². The van der Waals surface area contributed by atoms with Crippen LogP contribution in [-0.2, 0) is 4.79 Å². The van der Waals surface area contributed by atoms with Gasteiger partial charge in [-0.2, -0.15) is 5.10 Å². The van der Waals surface area contributed by atoms with Gasteiger partial charge in [0, 0.05) is 44.8 Å². The molecule has 1 amide bonds. The molecule has 1 aromatic heterocycles. The number of halogens is 1. The number of hydrogen-bond donors (Lipinski definition) is 1. The maximum absolute atomic E-state index is 12.7. The third kappa shape index (κ3) is 5.72. The highest BCUT2D eigenvalue weighted by atomic mass is 35.5. The summed E-state index contributed by atoms with van der Waals surface area (Å²) in [5.74, 6) is 1.47. The van der Waals surface area contributed by atoms with Gasteiger partial charge < -0.3 is 10.1 Å². The Balaban J connectivity index is 1.42. The summed E-state index contributed by atoms with van der Waals surface area (Å²) in [6.45, 7) is 11.0. The predicted octanol–water partition coefficient (Wildman–Crippen LogP) is 3.14. The summed E-state index contributed by atoms with van der Waals surface area (Å²) in [7, 11) is 0. The van der Waals surface area contributed by atoms with Crippen molar-refractivity contribution in [1.29, 1.82) is 0 Å². The number of nitrogens with one attached hydrogen (secondary N) is 1. The zero-order chi connectivity index (χ0) is 20.8. The average Bonchev–Trinajstić information content (AvgIpc) is 3.18. The number of anilines is 1. The van der Waals surface area contributed by atoms with Crippen LogP contribution in [0.3, 0.4) is 0 Å². The molecule has 0 aliphatic carbocycles. The largest absolute Gasteiger partial charge is 0.491 e. The second-order valence-electron chi connectivity index (χ2n) is 7.58. The first-order chi connectivity index (χ1) is 14.0. The van der Waals surface area contributed by atoms with Crippen LogP contribution < -0.4 is 10.1 Å². The Morgan fingerprint density at radius 3 is 2.59 bits per heavy atom. The molecule has 29 heavy (non-hydrogen) atoms. The van der Waals surface area contributed by atoms with Gasteiger partial charge in [-0.3, -0.25) is 14.6 Å². The molecule has 1 saturated heterocycles. The molecular formula is C21H30ClN5O2. The number of piperazine rings is 1. The molecule has 1 aliphatic rings. The van der Waals surface area contributed by atoms with E-state index in [4.69, 9.17) is 16.3 Å². The van der Waals surface area contributed by atoms with Gasteiger partial charge in [0.25, 0.3) is 0 Å². The summed E-state index contributed by atoms with van der Waals surface area (Å²) in [4.78, 5) is 17.3. The smallest absolute Gasteiger partial charge is 0.242 e. The van der Waals surface area contributed by atoms with E-state index in [1.54, 1.807) is 6.20 Å². The molecule has 3 rings (SSSR count). The van der Waals surface area contributed by atoms with E-state index in [0.717, 1.165) is 44.3 Å².